The summed E-state index contributed by atoms with van der Waals surface area (Å²) in [4.78, 5) is 37.0. The van der Waals surface area contributed by atoms with Crippen LogP contribution < -0.4 is 0 Å². The molecule has 0 saturated heterocycles. The summed E-state index contributed by atoms with van der Waals surface area (Å²) >= 11 is 0. The number of hydrogen-bond acceptors (Lipinski definition) is 6. The van der Waals surface area contributed by atoms with Crippen LogP contribution in [0.1, 0.15) is 181 Å². The maximum Gasteiger partial charge on any atom is 0.362 e. The van der Waals surface area contributed by atoms with Crippen molar-refractivity contribution >= 4 is 17.9 Å². The summed E-state index contributed by atoms with van der Waals surface area (Å²) in [6.45, 7) is 4.58. The minimum absolute atomic E-state index is 0.0472. The molecule has 1 N–H and O–H groups in total. The number of rotatable bonds is 40. The van der Waals surface area contributed by atoms with Crippen molar-refractivity contribution in [2.75, 3.05) is 41.0 Å². The number of ether oxygens (including phenoxy) is 3. The Bertz CT molecular complexity index is 1120. The summed E-state index contributed by atoms with van der Waals surface area (Å²) in [5.74, 6) is -1.52. The summed E-state index contributed by atoms with van der Waals surface area (Å²) in [5, 5.41) is 9.62. The van der Waals surface area contributed by atoms with Crippen molar-refractivity contribution in [1.82, 2.24) is 0 Å². The predicted molar refractivity (Wildman–Crippen MR) is 238 cm³/mol. The number of carbonyl (C=O) groups excluding carboxylic acids is 2. The number of likely N-dealkylation sites (N-methyl/N-ethyl adjacent to an activating group) is 1. The minimum Gasteiger partial charge on any atom is -0.477 e. The van der Waals surface area contributed by atoms with Gasteiger partial charge in [0, 0.05) is 19.3 Å². The SMILES string of the molecule is CC/C=C/C/C=C/C/C=C/C/C=C/CCCCCC(=O)OCC(COCCC(C(=O)O)[N+](C)(C)C)OC(=O)CCCCCCCCC/C=C/CCCCCCCC. The molecule has 0 heterocycles. The van der Waals surface area contributed by atoms with E-state index in [-0.39, 0.29) is 36.2 Å². The van der Waals surface area contributed by atoms with Gasteiger partial charge in [0.1, 0.15) is 6.61 Å². The number of carboxylic acids is 1. The van der Waals surface area contributed by atoms with Gasteiger partial charge in [-0.15, -0.1) is 0 Å². The van der Waals surface area contributed by atoms with E-state index < -0.39 is 18.1 Å². The molecule has 328 valence electrons. The number of esters is 2. The average Bonchev–Trinajstić information content (AvgIpc) is 3.17. The van der Waals surface area contributed by atoms with Gasteiger partial charge in [-0.2, -0.15) is 0 Å². The van der Waals surface area contributed by atoms with E-state index in [0.29, 0.717) is 19.3 Å². The van der Waals surface area contributed by atoms with Crippen LogP contribution in [0.25, 0.3) is 0 Å². The second-order valence-corrected chi connectivity index (χ2v) is 16.3. The fourth-order valence-electron chi connectivity index (χ4n) is 6.37. The van der Waals surface area contributed by atoms with E-state index in [1.165, 1.54) is 77.0 Å². The van der Waals surface area contributed by atoms with Gasteiger partial charge < -0.3 is 23.8 Å². The number of quaternary nitrogens is 1. The van der Waals surface area contributed by atoms with Gasteiger partial charge in [-0.25, -0.2) is 4.79 Å². The van der Waals surface area contributed by atoms with Crippen molar-refractivity contribution in [2.24, 2.45) is 0 Å². The Morgan fingerprint density at radius 2 is 0.982 bits per heavy atom. The normalized spacial score (nSPS) is 13.5. The Morgan fingerprint density at radius 3 is 1.49 bits per heavy atom. The van der Waals surface area contributed by atoms with Gasteiger partial charge >= 0.3 is 17.9 Å². The van der Waals surface area contributed by atoms with Crippen LogP contribution in [0.3, 0.4) is 0 Å². The topological polar surface area (TPSA) is 99.1 Å². The minimum atomic E-state index is -0.882. The van der Waals surface area contributed by atoms with E-state index in [4.69, 9.17) is 14.2 Å². The van der Waals surface area contributed by atoms with Crippen molar-refractivity contribution < 1.29 is 38.2 Å². The van der Waals surface area contributed by atoms with Crippen molar-refractivity contribution in [3.63, 3.8) is 0 Å². The van der Waals surface area contributed by atoms with Crippen molar-refractivity contribution in [3.05, 3.63) is 60.8 Å². The molecule has 2 atom stereocenters. The Morgan fingerprint density at radius 1 is 0.544 bits per heavy atom. The number of carbonyl (C=O) groups is 3. The first-order valence-corrected chi connectivity index (χ1v) is 22.8. The van der Waals surface area contributed by atoms with Crippen molar-refractivity contribution in [3.8, 4) is 0 Å². The molecule has 0 aliphatic carbocycles. The average molecular weight is 801 g/mol. The third-order valence-corrected chi connectivity index (χ3v) is 9.90. The maximum absolute atomic E-state index is 12.7. The second-order valence-electron chi connectivity index (χ2n) is 16.3. The molecule has 0 saturated carbocycles. The summed E-state index contributed by atoms with van der Waals surface area (Å²) in [7, 11) is 5.51. The number of allylic oxidation sites excluding steroid dienone is 10. The zero-order valence-corrected chi connectivity index (χ0v) is 37.3. The molecule has 0 aromatic heterocycles. The van der Waals surface area contributed by atoms with Crippen LogP contribution >= 0.6 is 0 Å². The zero-order valence-electron chi connectivity index (χ0n) is 37.3. The molecule has 8 heteroatoms. The number of unbranched alkanes of at least 4 members (excludes halogenated alkanes) is 16. The maximum atomic E-state index is 12.7. The van der Waals surface area contributed by atoms with E-state index in [0.717, 1.165) is 70.6 Å². The van der Waals surface area contributed by atoms with Crippen LogP contribution in [-0.4, -0.2) is 80.6 Å². The molecule has 0 aliphatic rings. The number of aliphatic carboxylic acids is 1. The van der Waals surface area contributed by atoms with E-state index >= 15 is 0 Å². The van der Waals surface area contributed by atoms with Gasteiger partial charge in [0.05, 0.1) is 34.4 Å². The quantitative estimate of drug-likeness (QED) is 0.0285. The summed E-state index contributed by atoms with van der Waals surface area (Å²) in [6, 6.07) is -0.622. The first-order chi connectivity index (χ1) is 27.6. The van der Waals surface area contributed by atoms with Crippen molar-refractivity contribution in [1.29, 1.82) is 0 Å². The van der Waals surface area contributed by atoms with Gasteiger partial charge in [-0.1, -0.05) is 145 Å². The molecule has 0 aromatic rings. The van der Waals surface area contributed by atoms with Gasteiger partial charge in [-0.05, 0) is 77.0 Å². The lowest BCUT2D eigenvalue weighted by Crippen LogP contribution is -2.50. The fraction of sp³-hybridized carbons (Fsp3) is 0.735. The Kier molecular flexibility index (Phi) is 37.8. The lowest BCUT2D eigenvalue weighted by molar-refractivity contribution is -0.887. The molecule has 0 aromatic carbocycles. The van der Waals surface area contributed by atoms with Gasteiger partial charge in [0.15, 0.2) is 12.1 Å². The Hall–Kier alpha value is -2.97. The molecule has 0 fully saturated rings. The standard InChI is InChI=1S/C49H85NO7/c1-6-8-10-12-14-16-18-20-22-24-26-28-30-32-34-36-38-40-48(52)57-45(43-55-42-41-46(49(53)54)50(3,4)5)44-56-47(51)39-37-35-33-31-29-27-25-23-21-19-17-15-13-11-9-7-2/h9,11,15,17,20-23,27,29,45-46H,6-8,10,12-14,16,18-19,24-26,28,30-44H2,1-5H3/p+1/b11-9+,17-15+,22-20+,23-21+,29-27+. The number of hydrogen-bond donors (Lipinski definition) is 1. The lowest BCUT2D eigenvalue weighted by atomic mass is 10.1. The summed E-state index contributed by atoms with van der Waals surface area (Å²) in [5.41, 5.74) is 0. The molecule has 2 unspecified atom stereocenters. The third-order valence-electron chi connectivity index (χ3n) is 9.90. The number of carboxylic acid groups (broad SMARTS) is 1. The molecular formula is C49H86NO7+. The zero-order chi connectivity index (χ0) is 42.1. The molecule has 0 aliphatic heterocycles. The fourth-order valence-corrected chi connectivity index (χ4v) is 6.37. The molecule has 0 bridgehead atoms. The molecule has 0 amide bonds. The van der Waals surface area contributed by atoms with E-state index in [1.807, 2.05) is 21.1 Å². The van der Waals surface area contributed by atoms with Crippen LogP contribution in [0, 0.1) is 0 Å². The number of nitrogens with zero attached hydrogens (tertiary/aromatic N) is 1. The van der Waals surface area contributed by atoms with Gasteiger partial charge in [0.2, 0.25) is 0 Å². The first-order valence-electron chi connectivity index (χ1n) is 22.8. The van der Waals surface area contributed by atoms with Crippen LogP contribution in [0.5, 0.6) is 0 Å². The van der Waals surface area contributed by atoms with Crippen LogP contribution in [0.4, 0.5) is 0 Å². The van der Waals surface area contributed by atoms with Gasteiger partial charge in [-0.3, -0.25) is 9.59 Å². The van der Waals surface area contributed by atoms with E-state index in [2.05, 4.69) is 74.6 Å². The molecular weight excluding hydrogens is 715 g/mol. The molecule has 0 radical (unpaired) electrons. The summed E-state index contributed by atoms with van der Waals surface area (Å²) in [6.07, 6.45) is 48.3. The van der Waals surface area contributed by atoms with E-state index in [1.54, 1.807) is 0 Å². The van der Waals surface area contributed by atoms with Crippen LogP contribution in [-0.2, 0) is 28.6 Å². The molecule has 0 rings (SSSR count). The first kappa shape index (κ1) is 54.0. The van der Waals surface area contributed by atoms with Crippen LogP contribution in [0.15, 0.2) is 60.8 Å². The van der Waals surface area contributed by atoms with E-state index in [9.17, 15) is 19.5 Å². The highest BCUT2D eigenvalue weighted by Gasteiger charge is 2.31. The largest absolute Gasteiger partial charge is 0.477 e. The summed E-state index contributed by atoms with van der Waals surface area (Å²) < 4.78 is 17.3. The Labute approximate surface area is 349 Å². The molecule has 57 heavy (non-hydrogen) atoms. The lowest BCUT2D eigenvalue weighted by Gasteiger charge is -2.31. The van der Waals surface area contributed by atoms with Crippen LogP contribution in [0.2, 0.25) is 0 Å². The molecule has 8 nitrogen and oxygen atoms in total. The highest BCUT2D eigenvalue weighted by molar-refractivity contribution is 5.72. The molecule has 0 spiro atoms. The van der Waals surface area contributed by atoms with Gasteiger partial charge in [0.25, 0.3) is 0 Å². The predicted octanol–water partition coefficient (Wildman–Crippen LogP) is 12.6. The highest BCUT2D eigenvalue weighted by Crippen LogP contribution is 2.14. The monoisotopic (exact) mass is 801 g/mol. The smallest absolute Gasteiger partial charge is 0.362 e. The second kappa shape index (κ2) is 39.8. The third kappa shape index (κ3) is 38.3. The van der Waals surface area contributed by atoms with Crippen molar-refractivity contribution in [2.45, 2.75) is 193 Å². The Balaban J connectivity index is 4.39. The highest BCUT2D eigenvalue weighted by atomic mass is 16.6.